The van der Waals surface area contributed by atoms with Crippen LogP contribution in [0.25, 0.3) is 10.9 Å². The van der Waals surface area contributed by atoms with Crippen LogP contribution in [0.15, 0.2) is 53.8 Å². The van der Waals surface area contributed by atoms with Gasteiger partial charge < -0.3 is 34.1 Å². The first-order valence-corrected chi connectivity index (χ1v) is 21.4. The van der Waals surface area contributed by atoms with Crippen molar-refractivity contribution >= 4 is 34.8 Å². The lowest BCUT2D eigenvalue weighted by atomic mass is 9.47. The number of hydrogen-bond acceptors (Lipinski definition) is 11. The lowest BCUT2D eigenvalue weighted by Gasteiger charge is -2.63. The smallest absolute Gasteiger partial charge is 0.318 e. The highest BCUT2D eigenvalue weighted by atomic mass is 19.3. The van der Waals surface area contributed by atoms with Crippen molar-refractivity contribution in [1.29, 1.82) is 0 Å². The number of nitrogens with one attached hydrogen (secondary N) is 1. The van der Waals surface area contributed by atoms with Crippen LogP contribution in [-0.2, 0) is 40.6 Å². The molecule has 0 amide bonds. The molecule has 9 rings (SSSR count). The Morgan fingerprint density at radius 3 is 2.57 bits per heavy atom. The number of likely N-dealkylation sites (tertiary alicyclic amines) is 1. The number of aldehydes is 1. The second-order valence-corrected chi connectivity index (χ2v) is 19.1. The van der Waals surface area contributed by atoms with Crippen LogP contribution in [-0.4, -0.2) is 140 Å². The lowest BCUT2D eigenvalue weighted by molar-refractivity contribution is -0.226. The first-order chi connectivity index (χ1) is 28.4. The van der Waals surface area contributed by atoms with E-state index in [0.29, 0.717) is 51.0 Å². The number of anilines is 1. The standard InChI is InChI=1S/C46H59F2N5O7/c1-9-43-13-10-15-53-16-14-44(38(43)53)32-19-33(36(58-7)20-35(32)51(6)39(44)46(57,25-54)40(43)60-26(2)55)45(41(56)59-8)21-27-17-28(42(3,47)48)23-52(22-27)24-31-30-18-29(50(4)5)11-12-34(30)49-37(31)45/h10-13,18-20,25,27-28,33,36,38-40,49,57H,9,14-17,21-24H2,1-8H3/t27-,28?,33?,36?,38+,39-,40-,43-,44-,45+,46+/m1/s1. The maximum absolute atomic E-state index is 15.4. The maximum atomic E-state index is 15.4. The van der Waals surface area contributed by atoms with E-state index in [4.69, 9.17) is 14.2 Å². The third-order valence-electron chi connectivity index (χ3n) is 16.0. The van der Waals surface area contributed by atoms with Crippen molar-refractivity contribution in [3.63, 3.8) is 0 Å². The van der Waals surface area contributed by atoms with Gasteiger partial charge in [0.15, 0.2) is 11.9 Å². The number of methoxy groups -OCH3 is 2. The molecule has 7 aliphatic rings. The Kier molecular flexibility index (Phi) is 9.59. The number of benzene rings is 1. The fourth-order valence-corrected chi connectivity index (χ4v) is 13.8. The Bertz CT molecular complexity index is 2220. The van der Waals surface area contributed by atoms with E-state index < -0.39 is 69.8 Å². The molecule has 1 aromatic heterocycles. The van der Waals surface area contributed by atoms with Gasteiger partial charge in [-0.3, -0.25) is 24.2 Å². The lowest BCUT2D eigenvalue weighted by Crippen LogP contribution is -2.78. The monoisotopic (exact) mass is 831 g/mol. The molecule has 5 aliphatic heterocycles. The van der Waals surface area contributed by atoms with Crippen molar-refractivity contribution in [3.8, 4) is 0 Å². The molecule has 4 fully saturated rings. The van der Waals surface area contributed by atoms with Crippen molar-refractivity contribution in [3.05, 3.63) is 65.0 Å². The van der Waals surface area contributed by atoms with Gasteiger partial charge in [0.2, 0.25) is 5.92 Å². The molecule has 12 atom stereocenters. The molecule has 14 heteroatoms. The molecule has 1 aromatic carbocycles. The Labute approximate surface area is 350 Å². The molecule has 6 heterocycles. The van der Waals surface area contributed by atoms with Gasteiger partial charge in [0.05, 0.1) is 19.3 Å². The van der Waals surface area contributed by atoms with Crippen LogP contribution in [0, 0.1) is 28.6 Å². The number of halogens is 2. The number of alkyl halides is 2. The summed E-state index contributed by atoms with van der Waals surface area (Å²) in [6.45, 7) is 6.76. The van der Waals surface area contributed by atoms with Crippen LogP contribution in [0.1, 0.15) is 57.7 Å². The van der Waals surface area contributed by atoms with Crippen molar-refractivity contribution in [2.45, 2.75) is 94.2 Å². The van der Waals surface area contributed by atoms with E-state index in [-0.39, 0.29) is 31.3 Å². The second kappa shape index (κ2) is 14.0. The van der Waals surface area contributed by atoms with Crippen molar-refractivity contribution in [1.82, 2.24) is 19.7 Å². The van der Waals surface area contributed by atoms with Gasteiger partial charge in [-0.2, -0.15) is 0 Å². The Morgan fingerprint density at radius 2 is 1.92 bits per heavy atom. The van der Waals surface area contributed by atoms with Crippen LogP contribution in [0.2, 0.25) is 0 Å². The van der Waals surface area contributed by atoms with Gasteiger partial charge >= 0.3 is 11.9 Å². The second-order valence-electron chi connectivity index (χ2n) is 19.1. The zero-order valence-electron chi connectivity index (χ0n) is 36.0. The van der Waals surface area contributed by atoms with Gasteiger partial charge in [-0.25, -0.2) is 8.78 Å². The summed E-state index contributed by atoms with van der Waals surface area (Å²) in [6.07, 6.45) is 8.49. The first kappa shape index (κ1) is 41.3. The van der Waals surface area contributed by atoms with E-state index in [1.165, 1.54) is 14.0 Å². The third kappa shape index (κ3) is 5.41. The predicted octanol–water partition coefficient (Wildman–Crippen LogP) is 4.81. The van der Waals surface area contributed by atoms with Crippen molar-refractivity contribution in [2.24, 2.45) is 28.6 Å². The number of piperidine rings is 1. The van der Waals surface area contributed by atoms with Gasteiger partial charge in [0, 0.05) is 118 Å². The molecule has 1 saturated carbocycles. The van der Waals surface area contributed by atoms with E-state index in [1.807, 2.05) is 56.1 Å². The highest BCUT2D eigenvalue weighted by Gasteiger charge is 2.79. The number of hydrogen-bond donors (Lipinski definition) is 2. The van der Waals surface area contributed by atoms with E-state index in [2.05, 4.69) is 39.1 Å². The molecular weight excluding hydrogens is 773 g/mol. The van der Waals surface area contributed by atoms with Gasteiger partial charge in [0.1, 0.15) is 11.5 Å². The molecule has 1 spiro atoms. The average molecular weight is 832 g/mol. The molecule has 12 nitrogen and oxygen atoms in total. The highest BCUT2D eigenvalue weighted by Crippen LogP contribution is 2.70. The van der Waals surface area contributed by atoms with Crippen LogP contribution in [0.4, 0.5) is 14.5 Å². The quantitative estimate of drug-likeness (QED) is 0.216. The molecule has 2 N–H and O–H groups in total. The van der Waals surface area contributed by atoms with Gasteiger partial charge in [-0.1, -0.05) is 25.2 Å². The summed E-state index contributed by atoms with van der Waals surface area (Å²) in [7, 11) is 8.81. The largest absolute Gasteiger partial charge is 0.468 e. The maximum Gasteiger partial charge on any atom is 0.318 e. The summed E-state index contributed by atoms with van der Waals surface area (Å²) in [5.74, 6) is -5.90. The average Bonchev–Trinajstić information content (AvgIpc) is 3.86. The molecule has 324 valence electrons. The molecule has 3 saturated heterocycles. The van der Waals surface area contributed by atoms with Crippen LogP contribution < -0.4 is 4.90 Å². The fourth-order valence-electron chi connectivity index (χ4n) is 13.8. The Balaban J connectivity index is 1.32. The van der Waals surface area contributed by atoms with Crippen molar-refractivity contribution < 1.29 is 42.5 Å². The molecule has 2 aromatic rings. The molecule has 2 bridgehead atoms. The highest BCUT2D eigenvalue weighted by molar-refractivity contribution is 5.93. The number of aromatic nitrogens is 1. The minimum Gasteiger partial charge on any atom is -0.468 e. The van der Waals surface area contributed by atoms with Gasteiger partial charge in [-0.15, -0.1) is 0 Å². The number of ether oxygens (including phenoxy) is 3. The zero-order valence-corrected chi connectivity index (χ0v) is 36.0. The summed E-state index contributed by atoms with van der Waals surface area (Å²) in [6, 6.07) is 5.01. The molecule has 0 radical (unpaired) electrons. The number of allylic oxidation sites excluding steroid dienone is 1. The number of aromatic amines is 1. The fraction of sp³-hybridized carbons (Fsp3) is 0.630. The number of rotatable bonds is 8. The Morgan fingerprint density at radius 1 is 1.15 bits per heavy atom. The predicted molar refractivity (Wildman–Crippen MR) is 221 cm³/mol. The van der Waals surface area contributed by atoms with Crippen LogP contribution in [0.5, 0.6) is 0 Å². The van der Waals surface area contributed by atoms with E-state index in [0.717, 1.165) is 40.3 Å². The minimum atomic E-state index is -2.93. The number of fused-ring (bicyclic) bond motifs is 6. The third-order valence-corrected chi connectivity index (χ3v) is 16.0. The van der Waals surface area contributed by atoms with E-state index >= 15 is 13.6 Å². The molecule has 4 unspecified atom stereocenters. The summed E-state index contributed by atoms with van der Waals surface area (Å²) in [5, 5.41) is 13.9. The van der Waals surface area contributed by atoms with Crippen LogP contribution in [0.3, 0.4) is 0 Å². The van der Waals surface area contributed by atoms with Crippen LogP contribution >= 0.6 is 0 Å². The molecular formula is C46H59F2N5O7. The number of H-pyrrole nitrogens is 1. The Hall–Kier alpha value is -4.11. The van der Waals surface area contributed by atoms with Gasteiger partial charge in [0.25, 0.3) is 0 Å². The van der Waals surface area contributed by atoms with E-state index in [9.17, 15) is 14.7 Å². The van der Waals surface area contributed by atoms with E-state index in [1.54, 1.807) is 7.11 Å². The van der Waals surface area contributed by atoms with Crippen molar-refractivity contribution in [2.75, 3.05) is 66.4 Å². The number of carbonyl (C=O) groups is 3. The molecule has 60 heavy (non-hydrogen) atoms. The van der Waals surface area contributed by atoms with Gasteiger partial charge in [-0.05, 0) is 80.5 Å². The summed E-state index contributed by atoms with van der Waals surface area (Å²) in [5.41, 5.74) is -0.319. The summed E-state index contributed by atoms with van der Waals surface area (Å²) >= 11 is 0. The zero-order chi connectivity index (χ0) is 42.9. The normalized spacial score (nSPS) is 39.4. The molecule has 2 aliphatic carbocycles. The number of aliphatic hydroxyl groups is 1. The number of esters is 2. The number of carbonyl (C=O) groups excluding carboxylic acids is 3. The number of likely N-dealkylation sites (N-methyl/N-ethyl adjacent to an activating group) is 1. The number of nitrogens with zero attached hydrogens (tertiary/aromatic N) is 4. The topological polar surface area (TPSA) is 128 Å². The first-order valence-electron chi connectivity index (χ1n) is 21.4. The summed E-state index contributed by atoms with van der Waals surface area (Å²) in [4.78, 5) is 54.0. The minimum absolute atomic E-state index is 0.219. The SMILES string of the molecule is CC[C@]12C=CCN3CC[C@@]4(C5=CC([C@@]6(C(=O)OC)C[C@H]7CC(C(C)(F)F)CN(Cc8c6[nH]c6ccc(N(C)C)cc86)C7)C(OC)C=C5N(C)[C@H]4[C@@](O)(C=O)[C@@H]1OC(C)=O)[C@@H]32. The summed E-state index contributed by atoms with van der Waals surface area (Å²) < 4.78 is 49.3.